The molecule has 1 aromatic heterocycles. The van der Waals surface area contributed by atoms with E-state index in [1.165, 1.54) is 12.8 Å². The summed E-state index contributed by atoms with van der Waals surface area (Å²) in [5.41, 5.74) is 1.40. The standard InChI is InChI=1S/C20H24N4O3/c1-12-21-19(23-27-12)14-3-2-4-15(7-14)20(25)22-16-8-17-11-26-18(13-5-6-13)10-24(17)9-16/h2-4,7,13,16-18H,5-6,8-11H2,1H3,(H,22,25)/t16-,17-,18+/m0/s1. The van der Waals surface area contributed by atoms with Crippen LogP contribution in [0.4, 0.5) is 0 Å². The fourth-order valence-electron chi connectivity index (χ4n) is 4.24. The van der Waals surface area contributed by atoms with E-state index in [0.717, 1.165) is 37.6 Å². The Morgan fingerprint density at radius 2 is 2.19 bits per heavy atom. The number of aromatic nitrogens is 2. The van der Waals surface area contributed by atoms with Crippen molar-refractivity contribution >= 4 is 5.91 Å². The summed E-state index contributed by atoms with van der Waals surface area (Å²) in [6, 6.07) is 7.96. The summed E-state index contributed by atoms with van der Waals surface area (Å²) in [5, 5.41) is 7.12. The molecule has 2 saturated heterocycles. The summed E-state index contributed by atoms with van der Waals surface area (Å²) in [5.74, 6) is 1.72. The molecule has 1 amide bonds. The van der Waals surface area contributed by atoms with Gasteiger partial charge in [0, 0.05) is 43.2 Å². The number of hydrogen-bond donors (Lipinski definition) is 1. The Balaban J connectivity index is 1.23. The van der Waals surface area contributed by atoms with Crippen molar-refractivity contribution in [3.8, 4) is 11.4 Å². The van der Waals surface area contributed by atoms with E-state index in [1.54, 1.807) is 6.92 Å². The monoisotopic (exact) mass is 368 g/mol. The summed E-state index contributed by atoms with van der Waals surface area (Å²) in [6.45, 7) is 4.46. The first-order chi connectivity index (χ1) is 13.2. The van der Waals surface area contributed by atoms with E-state index in [-0.39, 0.29) is 11.9 Å². The Labute approximate surface area is 158 Å². The number of benzene rings is 1. The Bertz CT molecular complexity index is 847. The zero-order valence-electron chi connectivity index (χ0n) is 15.4. The van der Waals surface area contributed by atoms with Gasteiger partial charge in [0.25, 0.3) is 5.91 Å². The van der Waals surface area contributed by atoms with Crippen molar-refractivity contribution < 1.29 is 14.1 Å². The lowest BCUT2D eigenvalue weighted by molar-refractivity contribution is -0.0581. The molecular weight excluding hydrogens is 344 g/mol. The minimum Gasteiger partial charge on any atom is -0.375 e. The lowest BCUT2D eigenvalue weighted by Crippen LogP contribution is -2.47. The lowest BCUT2D eigenvalue weighted by atomic mass is 10.1. The smallest absolute Gasteiger partial charge is 0.251 e. The Morgan fingerprint density at radius 1 is 1.30 bits per heavy atom. The van der Waals surface area contributed by atoms with Crippen LogP contribution in [0.5, 0.6) is 0 Å². The first kappa shape index (κ1) is 16.9. The van der Waals surface area contributed by atoms with Crippen molar-refractivity contribution in [2.45, 2.75) is 44.4 Å². The second-order valence-electron chi connectivity index (χ2n) is 7.94. The van der Waals surface area contributed by atoms with Gasteiger partial charge in [-0.2, -0.15) is 4.98 Å². The zero-order valence-corrected chi connectivity index (χ0v) is 15.4. The molecule has 0 bridgehead atoms. The third kappa shape index (κ3) is 3.49. The zero-order chi connectivity index (χ0) is 18.4. The van der Waals surface area contributed by atoms with Crippen LogP contribution in [0.2, 0.25) is 0 Å². The second kappa shape index (κ2) is 6.73. The van der Waals surface area contributed by atoms with E-state index in [4.69, 9.17) is 9.26 Å². The third-order valence-corrected chi connectivity index (χ3v) is 5.84. The van der Waals surface area contributed by atoms with Crippen LogP contribution in [-0.2, 0) is 4.74 Å². The highest BCUT2D eigenvalue weighted by atomic mass is 16.5. The van der Waals surface area contributed by atoms with Crippen molar-refractivity contribution in [1.29, 1.82) is 0 Å². The van der Waals surface area contributed by atoms with E-state index in [1.807, 2.05) is 24.3 Å². The summed E-state index contributed by atoms with van der Waals surface area (Å²) in [6.07, 6.45) is 3.96. The van der Waals surface area contributed by atoms with Crippen LogP contribution in [0.15, 0.2) is 28.8 Å². The van der Waals surface area contributed by atoms with E-state index in [2.05, 4.69) is 20.4 Å². The van der Waals surface area contributed by atoms with Gasteiger partial charge in [-0.1, -0.05) is 17.3 Å². The number of hydrogen-bond acceptors (Lipinski definition) is 6. The van der Waals surface area contributed by atoms with E-state index in [0.29, 0.717) is 29.4 Å². The van der Waals surface area contributed by atoms with Crippen LogP contribution in [0.3, 0.4) is 0 Å². The number of ether oxygens (including phenoxy) is 1. The quantitative estimate of drug-likeness (QED) is 0.889. The summed E-state index contributed by atoms with van der Waals surface area (Å²) >= 11 is 0. The molecule has 1 aromatic carbocycles. The molecule has 0 spiro atoms. The van der Waals surface area contributed by atoms with Gasteiger partial charge in [0.1, 0.15) is 0 Å². The van der Waals surface area contributed by atoms with Crippen molar-refractivity contribution in [2.24, 2.45) is 5.92 Å². The van der Waals surface area contributed by atoms with Crippen LogP contribution in [-0.4, -0.2) is 58.8 Å². The highest BCUT2D eigenvalue weighted by Crippen LogP contribution is 2.37. The van der Waals surface area contributed by atoms with Gasteiger partial charge in [0.2, 0.25) is 11.7 Å². The molecule has 1 saturated carbocycles. The van der Waals surface area contributed by atoms with Gasteiger partial charge in [-0.15, -0.1) is 0 Å². The maximum Gasteiger partial charge on any atom is 0.251 e. The average molecular weight is 368 g/mol. The van der Waals surface area contributed by atoms with E-state index >= 15 is 0 Å². The van der Waals surface area contributed by atoms with Crippen LogP contribution in [0, 0.1) is 12.8 Å². The normalized spacial score (nSPS) is 28.1. The van der Waals surface area contributed by atoms with Gasteiger partial charge in [-0.05, 0) is 37.3 Å². The number of fused-ring (bicyclic) bond motifs is 1. The van der Waals surface area contributed by atoms with E-state index in [9.17, 15) is 4.79 Å². The second-order valence-corrected chi connectivity index (χ2v) is 7.94. The molecule has 1 N–H and O–H groups in total. The number of nitrogens with one attached hydrogen (secondary N) is 1. The predicted molar refractivity (Wildman–Crippen MR) is 98.2 cm³/mol. The van der Waals surface area contributed by atoms with Crippen LogP contribution < -0.4 is 5.32 Å². The minimum absolute atomic E-state index is 0.0541. The van der Waals surface area contributed by atoms with Gasteiger partial charge in [0.05, 0.1) is 12.7 Å². The van der Waals surface area contributed by atoms with Crippen molar-refractivity contribution in [3.05, 3.63) is 35.7 Å². The van der Waals surface area contributed by atoms with Crippen LogP contribution in [0.25, 0.3) is 11.4 Å². The Kier molecular flexibility index (Phi) is 4.21. The SMILES string of the molecule is Cc1nc(-c2cccc(C(=O)N[C@H]3C[C@H]4CO[C@@H](C5CC5)CN4C3)c2)no1. The molecule has 3 aliphatic rings. The molecule has 5 rings (SSSR count). The number of carbonyl (C=O) groups is 1. The molecule has 0 radical (unpaired) electrons. The third-order valence-electron chi connectivity index (χ3n) is 5.84. The number of aryl methyl sites for hydroxylation is 1. The summed E-state index contributed by atoms with van der Waals surface area (Å²) in [4.78, 5) is 19.5. The molecule has 2 aromatic rings. The highest BCUT2D eigenvalue weighted by molar-refractivity contribution is 5.95. The number of carbonyl (C=O) groups excluding carboxylic acids is 1. The lowest BCUT2D eigenvalue weighted by Gasteiger charge is -2.35. The first-order valence-corrected chi connectivity index (χ1v) is 9.73. The number of amides is 1. The number of morpholine rings is 1. The van der Waals surface area contributed by atoms with Gasteiger partial charge >= 0.3 is 0 Å². The Hall–Kier alpha value is -2.25. The Morgan fingerprint density at radius 3 is 2.96 bits per heavy atom. The van der Waals surface area contributed by atoms with Gasteiger partial charge in [-0.25, -0.2) is 0 Å². The molecule has 142 valence electrons. The summed E-state index contributed by atoms with van der Waals surface area (Å²) < 4.78 is 11.1. The molecule has 2 aliphatic heterocycles. The molecular formula is C20H24N4O3. The average Bonchev–Trinajstić information content (AvgIpc) is 3.31. The van der Waals surface area contributed by atoms with Crippen molar-refractivity contribution in [2.75, 3.05) is 19.7 Å². The largest absolute Gasteiger partial charge is 0.375 e. The van der Waals surface area contributed by atoms with Gasteiger partial charge in [0.15, 0.2) is 0 Å². The molecule has 3 heterocycles. The molecule has 7 nitrogen and oxygen atoms in total. The molecule has 3 fully saturated rings. The number of nitrogens with zero attached hydrogens (tertiary/aromatic N) is 3. The van der Waals surface area contributed by atoms with Gasteiger partial charge < -0.3 is 14.6 Å². The highest BCUT2D eigenvalue weighted by Gasteiger charge is 2.42. The molecule has 0 unspecified atom stereocenters. The fraction of sp³-hybridized carbons (Fsp3) is 0.550. The van der Waals surface area contributed by atoms with E-state index < -0.39 is 0 Å². The maximum absolute atomic E-state index is 12.8. The van der Waals surface area contributed by atoms with Gasteiger partial charge in [-0.3, -0.25) is 9.69 Å². The molecule has 27 heavy (non-hydrogen) atoms. The van der Waals surface area contributed by atoms with Crippen molar-refractivity contribution in [1.82, 2.24) is 20.4 Å². The predicted octanol–water partition coefficient (Wildman–Crippen LogP) is 2.03. The fourth-order valence-corrected chi connectivity index (χ4v) is 4.24. The van der Waals surface area contributed by atoms with Crippen LogP contribution >= 0.6 is 0 Å². The molecule has 1 aliphatic carbocycles. The maximum atomic E-state index is 12.8. The molecule has 3 atom stereocenters. The number of rotatable bonds is 4. The van der Waals surface area contributed by atoms with Crippen LogP contribution in [0.1, 0.15) is 35.5 Å². The molecule has 7 heteroatoms. The van der Waals surface area contributed by atoms with Crippen molar-refractivity contribution in [3.63, 3.8) is 0 Å². The first-order valence-electron chi connectivity index (χ1n) is 9.73. The topological polar surface area (TPSA) is 80.5 Å². The summed E-state index contributed by atoms with van der Waals surface area (Å²) in [7, 11) is 0. The minimum atomic E-state index is -0.0541.